The average Bonchev–Trinajstić information content (AvgIpc) is 2.97. The average molecular weight is 269 g/mol. The van der Waals surface area contributed by atoms with E-state index in [0.29, 0.717) is 12.2 Å². The van der Waals surface area contributed by atoms with Crippen molar-refractivity contribution in [3.05, 3.63) is 53.9 Å². The minimum Gasteiger partial charge on any atom is -0.448 e. The summed E-state index contributed by atoms with van der Waals surface area (Å²) < 4.78 is 6.11. The highest BCUT2D eigenvalue weighted by molar-refractivity contribution is 5.69. The van der Waals surface area contributed by atoms with E-state index in [9.17, 15) is 4.79 Å². The highest BCUT2D eigenvalue weighted by Gasteiger charge is 2.07. The summed E-state index contributed by atoms with van der Waals surface area (Å²) >= 11 is 0. The van der Waals surface area contributed by atoms with Gasteiger partial charge in [0.05, 0.1) is 24.6 Å². The number of nitrogens with zero attached hydrogens (tertiary/aromatic N) is 3. The molecule has 1 aromatic carbocycles. The van der Waals surface area contributed by atoms with Crippen LogP contribution in [0.2, 0.25) is 0 Å². The van der Waals surface area contributed by atoms with E-state index >= 15 is 0 Å². The molecule has 0 bridgehead atoms. The summed E-state index contributed by atoms with van der Waals surface area (Å²) in [4.78, 5) is 11.6. The van der Waals surface area contributed by atoms with Crippen LogP contribution in [-0.2, 0) is 11.2 Å². The zero-order valence-electron chi connectivity index (χ0n) is 11.0. The van der Waals surface area contributed by atoms with E-state index in [4.69, 9.17) is 10.00 Å². The van der Waals surface area contributed by atoms with Gasteiger partial charge < -0.3 is 4.74 Å². The summed E-state index contributed by atoms with van der Waals surface area (Å²) in [6.07, 6.45) is 4.86. The van der Waals surface area contributed by atoms with Crippen molar-refractivity contribution in [2.45, 2.75) is 19.3 Å². The van der Waals surface area contributed by atoms with Gasteiger partial charge in [-0.2, -0.15) is 15.0 Å². The first-order chi connectivity index (χ1) is 9.79. The van der Waals surface area contributed by atoms with Gasteiger partial charge in [0.15, 0.2) is 0 Å². The predicted molar refractivity (Wildman–Crippen MR) is 73.1 cm³/mol. The van der Waals surface area contributed by atoms with Crippen molar-refractivity contribution >= 4 is 6.09 Å². The van der Waals surface area contributed by atoms with Crippen LogP contribution in [0.1, 0.15) is 24.0 Å². The SMILES string of the molecule is N#Cc1cnn(C(=O)OCCCCc2ccccc2)c1. The van der Waals surface area contributed by atoms with E-state index in [0.717, 1.165) is 23.9 Å². The topological polar surface area (TPSA) is 67.9 Å². The maximum atomic E-state index is 11.6. The lowest BCUT2D eigenvalue weighted by molar-refractivity contribution is 0.142. The predicted octanol–water partition coefficient (Wildman–Crippen LogP) is 2.76. The molecule has 0 radical (unpaired) electrons. The molecule has 0 amide bonds. The number of carbonyl (C=O) groups is 1. The number of hydrogen-bond donors (Lipinski definition) is 0. The van der Waals surface area contributed by atoms with Crippen LogP contribution in [0, 0.1) is 11.3 Å². The second-order valence-electron chi connectivity index (χ2n) is 4.34. The van der Waals surface area contributed by atoms with Gasteiger partial charge in [0.25, 0.3) is 0 Å². The third-order valence-corrected chi connectivity index (χ3v) is 2.83. The molecule has 2 aromatic rings. The van der Waals surface area contributed by atoms with Crippen LogP contribution in [0.4, 0.5) is 4.79 Å². The number of nitriles is 1. The van der Waals surface area contributed by atoms with E-state index in [1.165, 1.54) is 18.0 Å². The molecule has 5 heteroatoms. The monoisotopic (exact) mass is 269 g/mol. The highest BCUT2D eigenvalue weighted by atomic mass is 16.6. The number of rotatable bonds is 5. The van der Waals surface area contributed by atoms with Crippen LogP contribution in [0.15, 0.2) is 42.7 Å². The molecule has 0 aliphatic heterocycles. The lowest BCUT2D eigenvalue weighted by Gasteiger charge is -2.04. The molecule has 102 valence electrons. The largest absolute Gasteiger partial charge is 0.448 e. The Bertz CT molecular complexity index is 599. The number of unbranched alkanes of at least 4 members (excludes halogenated alkanes) is 1. The van der Waals surface area contributed by atoms with Crippen molar-refractivity contribution in [1.82, 2.24) is 9.78 Å². The van der Waals surface area contributed by atoms with Crippen molar-refractivity contribution < 1.29 is 9.53 Å². The van der Waals surface area contributed by atoms with E-state index < -0.39 is 6.09 Å². The Kier molecular flexibility index (Phi) is 4.90. The van der Waals surface area contributed by atoms with Gasteiger partial charge in [0.1, 0.15) is 6.07 Å². The lowest BCUT2D eigenvalue weighted by atomic mass is 10.1. The molecule has 0 fully saturated rings. The Morgan fingerprint density at radius 2 is 2.10 bits per heavy atom. The van der Waals surface area contributed by atoms with Crippen LogP contribution in [0.3, 0.4) is 0 Å². The second-order valence-corrected chi connectivity index (χ2v) is 4.34. The third-order valence-electron chi connectivity index (χ3n) is 2.83. The molecule has 0 spiro atoms. The smallest absolute Gasteiger partial charge is 0.434 e. The summed E-state index contributed by atoms with van der Waals surface area (Å²) in [6.45, 7) is 0.355. The molecule has 2 rings (SSSR count). The Balaban J connectivity index is 1.66. The zero-order chi connectivity index (χ0) is 14.2. The number of hydrogen-bond acceptors (Lipinski definition) is 4. The molecule has 0 saturated heterocycles. The van der Waals surface area contributed by atoms with Crippen LogP contribution >= 0.6 is 0 Å². The fourth-order valence-corrected chi connectivity index (χ4v) is 1.78. The van der Waals surface area contributed by atoms with Gasteiger partial charge >= 0.3 is 6.09 Å². The summed E-state index contributed by atoms with van der Waals surface area (Å²) in [6, 6.07) is 12.1. The summed E-state index contributed by atoms with van der Waals surface area (Å²) in [5, 5.41) is 12.4. The number of ether oxygens (including phenoxy) is 1. The highest BCUT2D eigenvalue weighted by Crippen LogP contribution is 2.05. The minimum absolute atomic E-state index is 0.339. The molecule has 1 aromatic heterocycles. The lowest BCUT2D eigenvalue weighted by Crippen LogP contribution is -2.14. The van der Waals surface area contributed by atoms with Gasteiger partial charge in [-0.3, -0.25) is 0 Å². The van der Waals surface area contributed by atoms with Gasteiger partial charge in [-0.05, 0) is 24.8 Å². The van der Waals surface area contributed by atoms with Gasteiger partial charge in [0.2, 0.25) is 0 Å². The summed E-state index contributed by atoms with van der Waals surface area (Å²) in [5.41, 5.74) is 1.62. The standard InChI is InChI=1S/C15H15N3O2/c16-10-14-11-17-18(12-14)15(19)20-9-5-4-8-13-6-2-1-3-7-13/h1-3,6-7,11-12H,4-5,8-9H2. The normalized spacial score (nSPS) is 9.95. The van der Waals surface area contributed by atoms with Crippen molar-refractivity contribution in [3.63, 3.8) is 0 Å². The Morgan fingerprint density at radius 1 is 1.30 bits per heavy atom. The van der Waals surface area contributed by atoms with Crippen LogP contribution < -0.4 is 0 Å². The maximum Gasteiger partial charge on any atom is 0.434 e. The molecular weight excluding hydrogens is 254 g/mol. The van der Waals surface area contributed by atoms with Gasteiger partial charge in [-0.15, -0.1) is 0 Å². The first-order valence-corrected chi connectivity index (χ1v) is 6.45. The molecule has 0 aliphatic rings. The van der Waals surface area contributed by atoms with Crippen molar-refractivity contribution in [1.29, 1.82) is 5.26 Å². The Hall–Kier alpha value is -2.61. The summed E-state index contributed by atoms with van der Waals surface area (Å²) in [7, 11) is 0. The molecule has 5 nitrogen and oxygen atoms in total. The minimum atomic E-state index is -0.550. The molecule has 0 atom stereocenters. The Morgan fingerprint density at radius 3 is 2.80 bits per heavy atom. The second kappa shape index (κ2) is 7.10. The van der Waals surface area contributed by atoms with Gasteiger partial charge in [-0.25, -0.2) is 4.79 Å². The van der Waals surface area contributed by atoms with Crippen molar-refractivity contribution in [3.8, 4) is 6.07 Å². The molecule has 20 heavy (non-hydrogen) atoms. The van der Waals surface area contributed by atoms with E-state index in [1.807, 2.05) is 24.3 Å². The fraction of sp³-hybridized carbons (Fsp3) is 0.267. The number of aromatic nitrogens is 2. The summed E-state index contributed by atoms with van der Waals surface area (Å²) in [5.74, 6) is 0. The van der Waals surface area contributed by atoms with Crippen molar-refractivity contribution in [2.75, 3.05) is 6.61 Å². The van der Waals surface area contributed by atoms with Crippen LogP contribution in [0.5, 0.6) is 0 Å². The van der Waals surface area contributed by atoms with E-state index in [1.54, 1.807) is 0 Å². The molecule has 0 saturated carbocycles. The van der Waals surface area contributed by atoms with Crippen molar-refractivity contribution in [2.24, 2.45) is 0 Å². The molecular formula is C15H15N3O2. The zero-order valence-corrected chi connectivity index (χ0v) is 11.0. The quantitative estimate of drug-likeness (QED) is 0.783. The number of aryl methyl sites for hydroxylation is 1. The molecule has 0 unspecified atom stereocenters. The number of carbonyl (C=O) groups excluding carboxylic acids is 1. The molecule has 1 heterocycles. The fourth-order valence-electron chi connectivity index (χ4n) is 1.78. The number of benzene rings is 1. The van der Waals surface area contributed by atoms with Crippen LogP contribution in [0.25, 0.3) is 0 Å². The molecule has 0 aliphatic carbocycles. The molecule has 0 N–H and O–H groups in total. The first-order valence-electron chi connectivity index (χ1n) is 6.45. The first kappa shape index (κ1) is 13.8. The third kappa shape index (κ3) is 3.95. The van der Waals surface area contributed by atoms with Gasteiger partial charge in [0, 0.05) is 0 Å². The van der Waals surface area contributed by atoms with E-state index in [-0.39, 0.29) is 0 Å². The Labute approximate surface area is 117 Å². The van der Waals surface area contributed by atoms with Crippen LogP contribution in [-0.4, -0.2) is 22.5 Å². The van der Waals surface area contributed by atoms with Gasteiger partial charge in [-0.1, -0.05) is 30.3 Å². The maximum absolute atomic E-state index is 11.6. The van der Waals surface area contributed by atoms with E-state index in [2.05, 4.69) is 17.2 Å².